The van der Waals surface area contributed by atoms with Crippen molar-refractivity contribution in [1.82, 2.24) is 4.47 Å². The van der Waals surface area contributed by atoms with Crippen LogP contribution in [0.5, 0.6) is 0 Å². The summed E-state index contributed by atoms with van der Waals surface area (Å²) in [6.07, 6.45) is 0. The van der Waals surface area contributed by atoms with Gasteiger partial charge in [0.05, 0.1) is 32.0 Å². The predicted molar refractivity (Wildman–Crippen MR) is 68.4 cm³/mol. The molecule has 1 aromatic rings. The fourth-order valence-electron chi connectivity index (χ4n) is 1.72. The van der Waals surface area contributed by atoms with Gasteiger partial charge in [0.25, 0.3) is 15.9 Å². The van der Waals surface area contributed by atoms with Crippen LogP contribution in [0.1, 0.15) is 10.4 Å². The van der Waals surface area contributed by atoms with Crippen molar-refractivity contribution < 1.29 is 27.5 Å². The number of nitrogens with zero attached hydrogens (tertiary/aromatic N) is 1. The van der Waals surface area contributed by atoms with E-state index < -0.39 is 15.9 Å². The van der Waals surface area contributed by atoms with Crippen LogP contribution in [0.2, 0.25) is 0 Å². The van der Waals surface area contributed by atoms with Gasteiger partial charge in [0.2, 0.25) is 0 Å². The van der Waals surface area contributed by atoms with Crippen LogP contribution in [0.4, 0.5) is 0 Å². The quantitative estimate of drug-likeness (QED) is 0.679. The first-order valence-corrected chi connectivity index (χ1v) is 7.41. The highest BCUT2D eigenvalue weighted by atomic mass is 32.2. The van der Waals surface area contributed by atoms with E-state index in [1.807, 2.05) is 0 Å². The van der Waals surface area contributed by atoms with Gasteiger partial charge in [-0.25, -0.2) is 0 Å². The van der Waals surface area contributed by atoms with Crippen LogP contribution in [0, 0.1) is 0 Å². The summed E-state index contributed by atoms with van der Waals surface area (Å²) in [4.78, 5) is 16.9. The van der Waals surface area contributed by atoms with E-state index in [4.69, 9.17) is 14.3 Å². The highest BCUT2D eigenvalue weighted by molar-refractivity contribution is 7.90. The molecule has 0 aromatic heterocycles. The van der Waals surface area contributed by atoms with Crippen molar-refractivity contribution in [2.75, 3.05) is 33.5 Å². The Morgan fingerprint density at radius 2 is 1.80 bits per heavy atom. The molecule has 1 aliphatic heterocycles. The first-order valence-electron chi connectivity index (χ1n) is 5.97. The molecule has 0 aliphatic carbocycles. The lowest BCUT2D eigenvalue weighted by molar-refractivity contribution is -0.0790. The van der Waals surface area contributed by atoms with Crippen LogP contribution in [0.25, 0.3) is 0 Å². The summed E-state index contributed by atoms with van der Waals surface area (Å²) in [6, 6.07) is 5.99. The Labute approximate surface area is 117 Å². The summed E-state index contributed by atoms with van der Waals surface area (Å²) in [5.41, 5.74) is 0.118. The van der Waals surface area contributed by atoms with Crippen molar-refractivity contribution in [2.24, 2.45) is 0 Å². The average Bonchev–Trinajstić information content (AvgIpc) is 2.63. The van der Waals surface area contributed by atoms with Crippen LogP contribution in [0.15, 0.2) is 29.2 Å². The van der Waals surface area contributed by atoms with Gasteiger partial charge >= 0.3 is 0 Å². The van der Waals surface area contributed by atoms with E-state index in [0.717, 1.165) is 0 Å². The minimum absolute atomic E-state index is 0.0368. The zero-order valence-corrected chi connectivity index (χ0v) is 11.8. The van der Waals surface area contributed by atoms with E-state index in [-0.39, 0.29) is 23.7 Å². The molecule has 1 amide bonds. The van der Waals surface area contributed by atoms with Gasteiger partial charge in [-0.3, -0.25) is 9.63 Å². The van der Waals surface area contributed by atoms with Gasteiger partial charge in [0, 0.05) is 7.11 Å². The molecular weight excluding hydrogens is 286 g/mol. The maximum absolute atomic E-state index is 12.1. The van der Waals surface area contributed by atoms with E-state index in [1.54, 1.807) is 19.2 Å². The number of hydroxylamine groups is 1. The molecule has 0 saturated heterocycles. The fourth-order valence-corrected chi connectivity index (χ4v) is 3.11. The predicted octanol–water partition coefficient (Wildman–Crippen LogP) is 0.426. The number of carbonyl (C=O) groups is 1. The molecule has 1 heterocycles. The van der Waals surface area contributed by atoms with Crippen molar-refractivity contribution in [3.8, 4) is 0 Å². The van der Waals surface area contributed by atoms with Gasteiger partial charge in [0.1, 0.15) is 4.90 Å². The van der Waals surface area contributed by atoms with Crippen LogP contribution >= 0.6 is 0 Å². The number of benzene rings is 1. The summed E-state index contributed by atoms with van der Waals surface area (Å²) in [5.74, 6) is -0.683. The monoisotopic (exact) mass is 301 g/mol. The molecule has 0 atom stereocenters. The van der Waals surface area contributed by atoms with Crippen molar-refractivity contribution in [3.63, 3.8) is 0 Å². The molecule has 0 spiro atoms. The Morgan fingerprint density at radius 3 is 2.50 bits per heavy atom. The first-order chi connectivity index (χ1) is 9.59. The van der Waals surface area contributed by atoms with Crippen LogP contribution in [0.3, 0.4) is 0 Å². The lowest BCUT2D eigenvalue weighted by atomic mass is 10.2. The largest absolute Gasteiger partial charge is 0.382 e. The Kier molecular flexibility index (Phi) is 4.71. The van der Waals surface area contributed by atoms with Crippen molar-refractivity contribution in [3.05, 3.63) is 29.8 Å². The molecule has 1 aliphatic rings. The Hall–Kier alpha value is -1.48. The first kappa shape index (κ1) is 14.9. The highest BCUT2D eigenvalue weighted by Crippen LogP contribution is 2.29. The number of methoxy groups -OCH3 is 1. The molecule has 7 nitrogen and oxygen atoms in total. The molecule has 110 valence electrons. The standard InChI is InChI=1S/C12H15NO6S/c1-17-6-7-18-8-9-19-13-12(14)10-4-2-3-5-11(10)20(13,15)16/h2-5H,6-9H2,1H3. The van der Waals surface area contributed by atoms with Crippen LogP contribution < -0.4 is 0 Å². The molecule has 0 radical (unpaired) electrons. The average molecular weight is 301 g/mol. The van der Waals surface area contributed by atoms with Gasteiger partial charge in [-0.2, -0.15) is 8.42 Å². The fraction of sp³-hybridized carbons (Fsp3) is 0.417. The van der Waals surface area contributed by atoms with Gasteiger partial charge in [-0.15, -0.1) is 4.47 Å². The van der Waals surface area contributed by atoms with Gasteiger partial charge in [-0.05, 0) is 12.1 Å². The highest BCUT2D eigenvalue weighted by Gasteiger charge is 2.42. The van der Waals surface area contributed by atoms with Gasteiger partial charge < -0.3 is 9.47 Å². The molecular formula is C12H15NO6S. The van der Waals surface area contributed by atoms with E-state index in [2.05, 4.69) is 0 Å². The summed E-state index contributed by atoms with van der Waals surface area (Å²) < 4.78 is 34.5. The van der Waals surface area contributed by atoms with Crippen LogP contribution in [-0.2, 0) is 24.3 Å². The molecule has 1 aromatic carbocycles. The van der Waals surface area contributed by atoms with E-state index in [0.29, 0.717) is 17.7 Å². The second-order valence-corrected chi connectivity index (χ2v) is 5.69. The maximum atomic E-state index is 12.1. The molecule has 0 N–H and O–H groups in total. The van der Waals surface area contributed by atoms with Crippen molar-refractivity contribution >= 4 is 15.9 Å². The number of rotatable bonds is 7. The molecule has 0 saturated carbocycles. The summed E-state index contributed by atoms with van der Waals surface area (Å²) in [6.45, 7) is 0.939. The van der Waals surface area contributed by atoms with E-state index in [1.165, 1.54) is 12.1 Å². The zero-order valence-electron chi connectivity index (χ0n) is 10.9. The number of carbonyl (C=O) groups excluding carboxylic acids is 1. The Balaban J connectivity index is 1.96. The van der Waals surface area contributed by atoms with E-state index >= 15 is 0 Å². The third-order valence-electron chi connectivity index (χ3n) is 2.65. The lowest BCUT2D eigenvalue weighted by Gasteiger charge is -2.14. The summed E-state index contributed by atoms with van der Waals surface area (Å²) in [7, 11) is -2.36. The summed E-state index contributed by atoms with van der Waals surface area (Å²) >= 11 is 0. The molecule has 8 heteroatoms. The van der Waals surface area contributed by atoms with Crippen LogP contribution in [-0.4, -0.2) is 52.3 Å². The minimum Gasteiger partial charge on any atom is -0.382 e. The topological polar surface area (TPSA) is 82.1 Å². The van der Waals surface area contributed by atoms with Crippen molar-refractivity contribution in [2.45, 2.75) is 4.90 Å². The Morgan fingerprint density at radius 1 is 1.10 bits per heavy atom. The zero-order chi connectivity index (χ0) is 14.6. The normalized spacial score (nSPS) is 16.4. The lowest BCUT2D eigenvalue weighted by Crippen LogP contribution is -2.31. The summed E-state index contributed by atoms with van der Waals surface area (Å²) in [5, 5.41) is 0. The number of fused-ring (bicyclic) bond motifs is 1. The van der Waals surface area contributed by atoms with Gasteiger partial charge in [-0.1, -0.05) is 12.1 Å². The molecule has 0 bridgehead atoms. The smallest absolute Gasteiger partial charge is 0.293 e. The second kappa shape index (κ2) is 6.31. The molecule has 2 rings (SSSR count). The second-order valence-electron chi connectivity index (χ2n) is 3.97. The van der Waals surface area contributed by atoms with E-state index in [9.17, 15) is 13.2 Å². The number of amides is 1. The number of ether oxygens (including phenoxy) is 2. The minimum atomic E-state index is -3.91. The third kappa shape index (κ3) is 2.83. The molecule has 20 heavy (non-hydrogen) atoms. The maximum Gasteiger partial charge on any atom is 0.293 e. The Bertz CT molecular complexity index is 585. The SMILES string of the molecule is COCCOCCON1C(=O)c2ccccc2S1(=O)=O. The number of sulfonamides is 1. The molecule has 0 fully saturated rings. The molecule has 0 unspecified atom stereocenters. The van der Waals surface area contributed by atoms with Gasteiger partial charge in [0.15, 0.2) is 0 Å². The van der Waals surface area contributed by atoms with Crippen molar-refractivity contribution in [1.29, 1.82) is 0 Å². The number of hydrogen-bond acceptors (Lipinski definition) is 6. The number of hydrogen-bond donors (Lipinski definition) is 0. The third-order valence-corrected chi connectivity index (χ3v) is 4.27.